The molecule has 1 amide bonds. The van der Waals surface area contributed by atoms with E-state index in [0.29, 0.717) is 18.4 Å². The summed E-state index contributed by atoms with van der Waals surface area (Å²) in [5, 5.41) is 0.500. The molecule has 0 spiro atoms. The predicted octanol–water partition coefficient (Wildman–Crippen LogP) is 4.40. The number of carbonyl (C=O) groups excluding carboxylic acids is 2. The van der Waals surface area contributed by atoms with Crippen molar-refractivity contribution in [3.63, 3.8) is 0 Å². The van der Waals surface area contributed by atoms with Crippen molar-refractivity contribution in [3.05, 3.63) is 42.0 Å². The van der Waals surface area contributed by atoms with E-state index in [1.165, 1.54) is 22.7 Å². The third kappa shape index (κ3) is 7.24. The van der Waals surface area contributed by atoms with Gasteiger partial charge in [-0.3, -0.25) is 9.89 Å². The molecule has 0 aromatic heterocycles. The summed E-state index contributed by atoms with van der Waals surface area (Å²) in [6.07, 6.45) is 1.89. The second-order valence-corrected chi connectivity index (χ2v) is 10.7. The summed E-state index contributed by atoms with van der Waals surface area (Å²) in [4.78, 5) is 30.7. The van der Waals surface area contributed by atoms with E-state index in [1.807, 2.05) is 52.0 Å². The zero-order chi connectivity index (χ0) is 26.5. The van der Waals surface area contributed by atoms with Crippen LogP contribution in [0.5, 0.6) is 5.75 Å². The minimum atomic E-state index is -0.625. The monoisotopic (exact) mass is 520 g/mol. The third-order valence-corrected chi connectivity index (χ3v) is 6.90. The van der Waals surface area contributed by atoms with Gasteiger partial charge in [0.15, 0.2) is 5.17 Å². The molecule has 3 rings (SSSR count). The highest BCUT2D eigenvalue weighted by Gasteiger charge is 2.49. The summed E-state index contributed by atoms with van der Waals surface area (Å²) in [6, 6.07) is 7.34. The lowest BCUT2D eigenvalue weighted by Gasteiger charge is -2.40. The second-order valence-electron chi connectivity index (χ2n) is 9.62. The van der Waals surface area contributed by atoms with Crippen molar-refractivity contribution in [2.24, 2.45) is 10.9 Å². The molecule has 1 aromatic rings. The number of nitrogens with zero attached hydrogens (tertiary/aromatic N) is 2. The highest BCUT2D eigenvalue weighted by Crippen LogP contribution is 2.41. The van der Waals surface area contributed by atoms with E-state index in [9.17, 15) is 9.59 Å². The number of benzene rings is 1. The second kappa shape index (κ2) is 12.1. The number of ether oxygens (including phenoxy) is 5. The topological polar surface area (TPSA) is 95.9 Å². The summed E-state index contributed by atoms with van der Waals surface area (Å²) >= 11 is 1.34. The molecule has 0 N–H and O–H groups in total. The smallest absolute Gasteiger partial charge is 0.416 e. The Balaban J connectivity index is 1.80. The van der Waals surface area contributed by atoms with Crippen molar-refractivity contribution in [2.75, 3.05) is 20.8 Å². The molecule has 198 valence electrons. The van der Waals surface area contributed by atoms with Crippen molar-refractivity contribution >= 4 is 29.0 Å². The number of carbonyl (C=O) groups is 2. The van der Waals surface area contributed by atoms with Crippen molar-refractivity contribution in [1.29, 1.82) is 0 Å². The van der Waals surface area contributed by atoms with E-state index in [-0.39, 0.29) is 18.1 Å². The summed E-state index contributed by atoms with van der Waals surface area (Å²) in [6.45, 7) is 9.88. The first kappa shape index (κ1) is 28.0. The van der Waals surface area contributed by atoms with Crippen LogP contribution in [-0.4, -0.2) is 72.2 Å². The number of thioether (sulfide) groups is 1. The Morgan fingerprint density at radius 3 is 2.53 bits per heavy atom. The SMILES string of the molecule is CCOC(=O)/C=C/[C@H]1O[C@@H]2SC(N(C)C(=O)OC(C)(C)C)=N[C@@H]2[C@@H](OCc2ccc(OC)cc2)[C@@H]1C. The van der Waals surface area contributed by atoms with Crippen LogP contribution in [-0.2, 0) is 30.3 Å². The molecule has 2 aliphatic rings. The van der Waals surface area contributed by atoms with Gasteiger partial charge in [0.05, 0.1) is 32.5 Å². The molecule has 0 unspecified atom stereocenters. The van der Waals surface area contributed by atoms with Gasteiger partial charge in [-0.15, -0.1) is 0 Å². The number of hydrogen-bond acceptors (Lipinski definition) is 9. The average Bonchev–Trinajstić information content (AvgIpc) is 3.25. The molecule has 2 heterocycles. The number of methoxy groups -OCH3 is 1. The van der Waals surface area contributed by atoms with Crippen LogP contribution in [0.3, 0.4) is 0 Å². The standard InChI is InChI=1S/C26H36N2O7S/c1-8-32-20(29)14-13-19-16(2)22(33-15-17-9-11-18(31-7)12-10-17)21-23(34-19)36-24(27-21)28(6)25(30)35-26(3,4)5/h9-14,16,19,21-23H,8,15H2,1-7H3/b14-13+/t16-,19-,21-,22+,23-/m1/s1. The van der Waals surface area contributed by atoms with Crippen LogP contribution in [0, 0.1) is 5.92 Å². The number of rotatable bonds is 7. The summed E-state index contributed by atoms with van der Waals surface area (Å²) in [7, 11) is 3.26. The van der Waals surface area contributed by atoms with Gasteiger partial charge in [0, 0.05) is 19.0 Å². The van der Waals surface area contributed by atoms with Crippen molar-refractivity contribution < 1.29 is 33.3 Å². The quantitative estimate of drug-likeness (QED) is 0.386. The number of amidine groups is 1. The number of fused-ring (bicyclic) bond motifs is 1. The first-order chi connectivity index (χ1) is 17.0. The summed E-state index contributed by atoms with van der Waals surface area (Å²) in [5.74, 6) is 0.228. The lowest BCUT2D eigenvalue weighted by molar-refractivity contribution is -0.137. The molecule has 1 fully saturated rings. The Morgan fingerprint density at radius 1 is 1.22 bits per heavy atom. The van der Waals surface area contributed by atoms with Crippen LogP contribution in [0.15, 0.2) is 41.4 Å². The van der Waals surface area contributed by atoms with Gasteiger partial charge in [0.25, 0.3) is 0 Å². The van der Waals surface area contributed by atoms with Gasteiger partial charge in [-0.2, -0.15) is 0 Å². The predicted molar refractivity (Wildman–Crippen MR) is 138 cm³/mol. The zero-order valence-electron chi connectivity index (χ0n) is 21.9. The highest BCUT2D eigenvalue weighted by molar-refractivity contribution is 8.14. The summed E-state index contributed by atoms with van der Waals surface area (Å²) in [5.41, 5.74) is -0.0240. The molecule has 5 atom stereocenters. The van der Waals surface area contributed by atoms with Gasteiger partial charge in [-0.25, -0.2) is 9.59 Å². The molecule has 9 nitrogen and oxygen atoms in total. The van der Waals surface area contributed by atoms with Crippen molar-refractivity contribution in [1.82, 2.24) is 4.90 Å². The molecule has 36 heavy (non-hydrogen) atoms. The fourth-order valence-corrected chi connectivity index (χ4v) is 4.99. The Labute approximate surface area is 217 Å². The normalized spacial score (nSPS) is 25.8. The van der Waals surface area contributed by atoms with E-state index in [4.69, 9.17) is 28.7 Å². The van der Waals surface area contributed by atoms with Crippen LogP contribution in [0.25, 0.3) is 0 Å². The molecule has 2 aliphatic heterocycles. The lowest BCUT2D eigenvalue weighted by atomic mass is 9.89. The fraction of sp³-hybridized carbons (Fsp3) is 0.577. The first-order valence-corrected chi connectivity index (χ1v) is 12.9. The molecule has 1 saturated heterocycles. The van der Waals surface area contributed by atoms with Gasteiger partial charge < -0.3 is 23.7 Å². The molecule has 10 heteroatoms. The maximum absolute atomic E-state index is 12.6. The van der Waals surface area contributed by atoms with E-state index in [1.54, 1.807) is 27.2 Å². The van der Waals surface area contributed by atoms with Crippen LogP contribution < -0.4 is 4.74 Å². The number of amides is 1. The number of hydrogen-bond donors (Lipinski definition) is 0. The van der Waals surface area contributed by atoms with E-state index >= 15 is 0 Å². The maximum Gasteiger partial charge on any atom is 0.416 e. The zero-order valence-corrected chi connectivity index (χ0v) is 22.7. The van der Waals surface area contributed by atoms with Crippen LogP contribution in [0.2, 0.25) is 0 Å². The van der Waals surface area contributed by atoms with Gasteiger partial charge in [-0.05, 0) is 51.5 Å². The van der Waals surface area contributed by atoms with Crippen molar-refractivity contribution in [2.45, 2.75) is 70.5 Å². The molecule has 0 bridgehead atoms. The molecule has 0 radical (unpaired) electrons. The van der Waals surface area contributed by atoms with Crippen LogP contribution in [0.1, 0.15) is 40.2 Å². The Kier molecular flexibility index (Phi) is 9.43. The molecular formula is C26H36N2O7S. The maximum atomic E-state index is 12.6. The minimum absolute atomic E-state index is 0.120. The molecule has 0 saturated carbocycles. The van der Waals surface area contributed by atoms with Gasteiger partial charge in [0.2, 0.25) is 0 Å². The number of aliphatic imine (C=N–C) groups is 1. The van der Waals surface area contributed by atoms with Crippen LogP contribution >= 0.6 is 11.8 Å². The fourth-order valence-electron chi connectivity index (χ4n) is 3.83. The lowest BCUT2D eigenvalue weighted by Crippen LogP contribution is -2.50. The van der Waals surface area contributed by atoms with Gasteiger partial charge >= 0.3 is 12.1 Å². The Morgan fingerprint density at radius 2 is 1.92 bits per heavy atom. The average molecular weight is 521 g/mol. The first-order valence-electron chi connectivity index (χ1n) is 12.0. The third-order valence-electron chi connectivity index (χ3n) is 5.69. The molecular weight excluding hydrogens is 484 g/mol. The largest absolute Gasteiger partial charge is 0.497 e. The van der Waals surface area contributed by atoms with Gasteiger partial charge in [0.1, 0.15) is 22.8 Å². The highest BCUT2D eigenvalue weighted by atomic mass is 32.2. The van der Waals surface area contributed by atoms with Gasteiger partial charge in [-0.1, -0.05) is 30.8 Å². The van der Waals surface area contributed by atoms with Crippen LogP contribution in [0.4, 0.5) is 4.79 Å². The minimum Gasteiger partial charge on any atom is -0.497 e. The Hall–Kier alpha value is -2.56. The Bertz CT molecular complexity index is 973. The number of esters is 1. The van der Waals surface area contributed by atoms with Crippen molar-refractivity contribution in [3.8, 4) is 5.75 Å². The van der Waals surface area contributed by atoms with E-state index in [0.717, 1.165) is 11.3 Å². The molecule has 1 aromatic carbocycles. The summed E-state index contributed by atoms with van der Waals surface area (Å²) < 4.78 is 28.4. The van der Waals surface area contributed by atoms with E-state index in [2.05, 4.69) is 0 Å². The van der Waals surface area contributed by atoms with E-state index < -0.39 is 29.2 Å². The molecule has 0 aliphatic carbocycles.